The molecule has 0 bridgehead atoms. The number of ketones is 1. The first-order chi connectivity index (χ1) is 7.24. The van der Waals surface area contributed by atoms with Crippen LogP contribution < -0.4 is 15.2 Å². The van der Waals surface area contributed by atoms with Gasteiger partial charge in [-0.05, 0) is 18.6 Å². The van der Waals surface area contributed by atoms with Crippen molar-refractivity contribution in [1.82, 2.24) is 0 Å². The number of nitrogen functional groups attached to an aromatic ring is 1. The maximum atomic E-state index is 11.8. The third-order valence-electron chi connectivity index (χ3n) is 2.33. The van der Waals surface area contributed by atoms with Gasteiger partial charge in [0.05, 0.1) is 5.56 Å². The molecule has 2 rings (SSSR count). The van der Waals surface area contributed by atoms with Gasteiger partial charge in [0.15, 0.2) is 17.3 Å². The van der Waals surface area contributed by atoms with E-state index in [1.807, 2.05) is 6.92 Å². The van der Waals surface area contributed by atoms with Gasteiger partial charge in [-0.2, -0.15) is 0 Å². The van der Waals surface area contributed by atoms with Crippen LogP contribution in [0, 0.1) is 0 Å². The molecule has 80 valence electrons. The molecule has 1 aliphatic rings. The fraction of sp³-hybridized carbons (Fsp3) is 0.364. The SMILES string of the molecule is CCCC(=O)c1c(N)ccc2c1OCO2. The Kier molecular flexibility index (Phi) is 2.49. The van der Waals surface area contributed by atoms with E-state index in [0.717, 1.165) is 6.42 Å². The fourth-order valence-corrected chi connectivity index (χ4v) is 1.63. The molecule has 4 heteroatoms. The number of nitrogens with two attached hydrogens (primary N) is 1. The number of hydrogen-bond donors (Lipinski definition) is 1. The van der Waals surface area contributed by atoms with E-state index < -0.39 is 0 Å². The van der Waals surface area contributed by atoms with Crippen molar-refractivity contribution >= 4 is 11.5 Å². The van der Waals surface area contributed by atoms with E-state index in [0.29, 0.717) is 29.2 Å². The molecular formula is C11H13NO3. The lowest BCUT2D eigenvalue weighted by atomic mass is 10.0. The number of carbonyl (C=O) groups is 1. The maximum Gasteiger partial charge on any atom is 0.231 e. The van der Waals surface area contributed by atoms with Crippen LogP contribution in [0.3, 0.4) is 0 Å². The van der Waals surface area contributed by atoms with Gasteiger partial charge in [-0.25, -0.2) is 0 Å². The summed E-state index contributed by atoms with van der Waals surface area (Å²) in [6, 6.07) is 3.40. The van der Waals surface area contributed by atoms with Gasteiger partial charge in [-0.3, -0.25) is 4.79 Å². The summed E-state index contributed by atoms with van der Waals surface area (Å²) in [6.07, 6.45) is 1.27. The minimum absolute atomic E-state index is 0.0114. The Labute approximate surface area is 88.0 Å². The Hall–Kier alpha value is -1.71. The van der Waals surface area contributed by atoms with Crippen LogP contribution in [0.2, 0.25) is 0 Å². The van der Waals surface area contributed by atoms with Crippen LogP contribution in [-0.2, 0) is 0 Å². The molecule has 0 saturated heterocycles. The zero-order valence-corrected chi connectivity index (χ0v) is 8.58. The summed E-state index contributed by atoms with van der Waals surface area (Å²) in [4.78, 5) is 11.8. The molecule has 1 aliphatic heterocycles. The number of ether oxygens (including phenoxy) is 2. The topological polar surface area (TPSA) is 61.6 Å². The second-order valence-electron chi connectivity index (χ2n) is 3.44. The Morgan fingerprint density at radius 2 is 2.27 bits per heavy atom. The second-order valence-corrected chi connectivity index (χ2v) is 3.44. The van der Waals surface area contributed by atoms with Gasteiger partial charge in [0, 0.05) is 12.1 Å². The van der Waals surface area contributed by atoms with Crippen LogP contribution in [0.25, 0.3) is 0 Å². The van der Waals surface area contributed by atoms with E-state index in [2.05, 4.69) is 0 Å². The minimum Gasteiger partial charge on any atom is -0.454 e. The van der Waals surface area contributed by atoms with Crippen LogP contribution in [-0.4, -0.2) is 12.6 Å². The molecule has 1 aromatic rings. The molecule has 0 spiro atoms. The highest BCUT2D eigenvalue weighted by Crippen LogP contribution is 2.39. The zero-order chi connectivity index (χ0) is 10.8. The van der Waals surface area contributed by atoms with Crippen molar-refractivity contribution in [2.45, 2.75) is 19.8 Å². The quantitative estimate of drug-likeness (QED) is 0.608. The van der Waals surface area contributed by atoms with Gasteiger partial charge in [0.1, 0.15) is 0 Å². The van der Waals surface area contributed by atoms with Crippen molar-refractivity contribution in [3.05, 3.63) is 17.7 Å². The monoisotopic (exact) mass is 207 g/mol. The number of fused-ring (bicyclic) bond motifs is 1. The third-order valence-corrected chi connectivity index (χ3v) is 2.33. The van der Waals surface area contributed by atoms with Crippen molar-refractivity contribution in [2.24, 2.45) is 0 Å². The molecule has 2 N–H and O–H groups in total. The van der Waals surface area contributed by atoms with Crippen LogP contribution in [0.1, 0.15) is 30.1 Å². The Morgan fingerprint density at radius 1 is 1.47 bits per heavy atom. The Balaban J connectivity index is 2.45. The Bertz CT molecular complexity index is 401. The fourth-order valence-electron chi connectivity index (χ4n) is 1.63. The lowest BCUT2D eigenvalue weighted by molar-refractivity contribution is 0.0978. The highest BCUT2D eigenvalue weighted by Gasteiger charge is 2.23. The molecule has 0 unspecified atom stereocenters. The van der Waals surface area contributed by atoms with Gasteiger partial charge < -0.3 is 15.2 Å². The number of benzene rings is 1. The first-order valence-electron chi connectivity index (χ1n) is 4.95. The van der Waals surface area contributed by atoms with Crippen molar-refractivity contribution in [3.63, 3.8) is 0 Å². The molecule has 15 heavy (non-hydrogen) atoms. The largest absolute Gasteiger partial charge is 0.454 e. The minimum atomic E-state index is 0.0114. The predicted molar refractivity (Wildman–Crippen MR) is 56.2 cm³/mol. The molecular weight excluding hydrogens is 194 g/mol. The normalized spacial score (nSPS) is 12.9. The summed E-state index contributed by atoms with van der Waals surface area (Å²) in [5.41, 5.74) is 6.69. The van der Waals surface area contributed by atoms with Crippen molar-refractivity contribution in [2.75, 3.05) is 12.5 Å². The highest BCUT2D eigenvalue weighted by atomic mass is 16.7. The van der Waals surface area contributed by atoms with Gasteiger partial charge in [0.2, 0.25) is 6.79 Å². The molecule has 0 amide bonds. The molecule has 0 fully saturated rings. The van der Waals surface area contributed by atoms with Crippen LogP contribution in [0.5, 0.6) is 11.5 Å². The predicted octanol–water partition coefficient (Wildman–Crippen LogP) is 1.98. The molecule has 0 atom stereocenters. The summed E-state index contributed by atoms with van der Waals surface area (Å²) in [7, 11) is 0. The number of hydrogen-bond acceptors (Lipinski definition) is 4. The van der Waals surface area contributed by atoms with Gasteiger partial charge in [-0.1, -0.05) is 6.92 Å². The molecule has 1 aromatic carbocycles. The van der Waals surface area contributed by atoms with Gasteiger partial charge in [0.25, 0.3) is 0 Å². The Morgan fingerprint density at radius 3 is 3.00 bits per heavy atom. The first-order valence-corrected chi connectivity index (χ1v) is 4.95. The van der Waals surface area contributed by atoms with E-state index >= 15 is 0 Å². The molecule has 0 saturated carbocycles. The number of rotatable bonds is 3. The zero-order valence-electron chi connectivity index (χ0n) is 8.58. The lowest BCUT2D eigenvalue weighted by Crippen LogP contribution is -2.05. The molecule has 1 heterocycles. The lowest BCUT2D eigenvalue weighted by Gasteiger charge is -2.07. The highest BCUT2D eigenvalue weighted by molar-refractivity contribution is 6.04. The number of carbonyl (C=O) groups excluding carboxylic acids is 1. The van der Waals surface area contributed by atoms with Crippen molar-refractivity contribution < 1.29 is 14.3 Å². The van der Waals surface area contributed by atoms with Crippen LogP contribution in [0.15, 0.2) is 12.1 Å². The summed E-state index contributed by atoms with van der Waals surface area (Å²) < 4.78 is 10.4. The van der Waals surface area contributed by atoms with Crippen LogP contribution >= 0.6 is 0 Å². The van der Waals surface area contributed by atoms with Crippen molar-refractivity contribution in [1.29, 1.82) is 0 Å². The maximum absolute atomic E-state index is 11.8. The summed E-state index contributed by atoms with van der Waals surface area (Å²) in [5.74, 6) is 1.11. The summed E-state index contributed by atoms with van der Waals surface area (Å²) >= 11 is 0. The second kappa shape index (κ2) is 3.81. The van der Waals surface area contributed by atoms with Crippen molar-refractivity contribution in [3.8, 4) is 11.5 Å². The van der Waals surface area contributed by atoms with Gasteiger partial charge >= 0.3 is 0 Å². The molecule has 0 aromatic heterocycles. The van der Waals surface area contributed by atoms with E-state index in [4.69, 9.17) is 15.2 Å². The van der Waals surface area contributed by atoms with Crippen LogP contribution in [0.4, 0.5) is 5.69 Å². The molecule has 0 radical (unpaired) electrons. The van der Waals surface area contributed by atoms with E-state index in [9.17, 15) is 4.79 Å². The smallest absolute Gasteiger partial charge is 0.231 e. The van der Waals surface area contributed by atoms with E-state index in [-0.39, 0.29) is 12.6 Å². The van der Waals surface area contributed by atoms with E-state index in [1.165, 1.54) is 0 Å². The average Bonchev–Trinajstić information content (AvgIpc) is 2.65. The van der Waals surface area contributed by atoms with E-state index in [1.54, 1.807) is 12.1 Å². The standard InChI is InChI=1S/C11H13NO3/c1-2-3-8(13)10-7(12)4-5-9-11(10)15-6-14-9/h4-5H,2-3,6,12H2,1H3. The average molecular weight is 207 g/mol. The first kappa shape index (κ1) is 9.83. The molecule has 4 nitrogen and oxygen atoms in total. The summed E-state index contributed by atoms with van der Waals surface area (Å²) in [5, 5.41) is 0. The number of anilines is 1. The molecule has 0 aliphatic carbocycles. The van der Waals surface area contributed by atoms with Gasteiger partial charge in [-0.15, -0.1) is 0 Å². The number of Topliss-reactive ketones (excluding diaryl/α,β-unsaturated/α-hetero) is 1. The summed E-state index contributed by atoms with van der Waals surface area (Å²) in [6.45, 7) is 2.11. The third kappa shape index (κ3) is 1.63.